The summed E-state index contributed by atoms with van der Waals surface area (Å²) in [7, 11) is -3.10. The topological polar surface area (TPSA) is 18.5 Å². The van der Waals surface area contributed by atoms with Crippen molar-refractivity contribution in [2.24, 2.45) is 5.41 Å². The minimum atomic E-state index is -1.56. The van der Waals surface area contributed by atoms with Crippen LogP contribution in [-0.2, 0) is 8.85 Å². The molecule has 18 heavy (non-hydrogen) atoms. The molecule has 1 rings (SSSR count). The predicted molar refractivity (Wildman–Crippen MR) is 83.4 cm³/mol. The minimum absolute atomic E-state index is 0.0899. The standard InChI is InChI=1S/C14H28O2Si2/c1-14(2)10-9-12(15-17(3,4)5)11-13(14)16-18(6,7)8/h9,11H,10H2,1-8H3. The molecule has 0 saturated heterocycles. The Balaban J connectivity index is 2.92. The van der Waals surface area contributed by atoms with Gasteiger partial charge < -0.3 is 8.85 Å². The van der Waals surface area contributed by atoms with E-state index in [0.717, 1.165) is 17.9 Å². The first-order chi connectivity index (χ1) is 7.89. The first-order valence-electron chi connectivity index (χ1n) is 6.69. The summed E-state index contributed by atoms with van der Waals surface area (Å²) >= 11 is 0. The van der Waals surface area contributed by atoms with Gasteiger partial charge in [-0.1, -0.05) is 13.8 Å². The van der Waals surface area contributed by atoms with E-state index in [1.54, 1.807) is 0 Å². The third-order valence-corrected chi connectivity index (χ3v) is 4.27. The molecule has 0 amide bonds. The van der Waals surface area contributed by atoms with E-state index in [1.165, 1.54) is 0 Å². The minimum Gasteiger partial charge on any atom is -0.547 e. The lowest BCUT2D eigenvalue weighted by Crippen LogP contribution is -2.32. The summed E-state index contributed by atoms with van der Waals surface area (Å²) in [4.78, 5) is 0. The summed E-state index contributed by atoms with van der Waals surface area (Å²) in [6.07, 6.45) is 5.30. The molecule has 0 N–H and O–H groups in total. The molecule has 0 aromatic carbocycles. The average molecular weight is 285 g/mol. The predicted octanol–water partition coefficient (Wildman–Crippen LogP) is 4.89. The molecule has 2 nitrogen and oxygen atoms in total. The Hall–Kier alpha value is -0.486. The van der Waals surface area contributed by atoms with E-state index in [2.05, 4.69) is 65.3 Å². The molecule has 0 atom stereocenters. The number of hydrogen-bond donors (Lipinski definition) is 0. The van der Waals surface area contributed by atoms with E-state index in [-0.39, 0.29) is 5.41 Å². The maximum Gasteiger partial charge on any atom is 0.242 e. The molecule has 1 aliphatic rings. The Morgan fingerprint density at radius 1 is 0.944 bits per heavy atom. The third-order valence-electron chi connectivity index (χ3n) is 2.59. The molecule has 4 heteroatoms. The van der Waals surface area contributed by atoms with E-state index in [4.69, 9.17) is 8.85 Å². The molecule has 0 aliphatic heterocycles. The molecule has 0 aromatic heterocycles. The molecule has 0 spiro atoms. The van der Waals surface area contributed by atoms with Gasteiger partial charge in [-0.3, -0.25) is 0 Å². The van der Waals surface area contributed by atoms with E-state index in [0.29, 0.717) is 0 Å². The summed E-state index contributed by atoms with van der Waals surface area (Å²) in [5.41, 5.74) is 0.0899. The van der Waals surface area contributed by atoms with Gasteiger partial charge >= 0.3 is 0 Å². The van der Waals surface area contributed by atoms with Crippen LogP contribution >= 0.6 is 0 Å². The van der Waals surface area contributed by atoms with E-state index in [1.807, 2.05) is 0 Å². The van der Waals surface area contributed by atoms with Crippen molar-refractivity contribution >= 4 is 16.6 Å². The van der Waals surface area contributed by atoms with Crippen LogP contribution in [0.1, 0.15) is 20.3 Å². The van der Waals surface area contributed by atoms with Crippen LogP contribution in [0.15, 0.2) is 23.7 Å². The zero-order chi connectivity index (χ0) is 14.2. The first kappa shape index (κ1) is 15.6. The lowest BCUT2D eigenvalue weighted by atomic mass is 9.84. The molecule has 0 saturated carbocycles. The second-order valence-corrected chi connectivity index (χ2v) is 16.5. The fourth-order valence-electron chi connectivity index (χ4n) is 1.76. The van der Waals surface area contributed by atoms with Gasteiger partial charge in [0.05, 0.1) is 5.76 Å². The Morgan fingerprint density at radius 2 is 1.44 bits per heavy atom. The number of rotatable bonds is 4. The number of hydrogen-bond acceptors (Lipinski definition) is 2. The quantitative estimate of drug-likeness (QED) is 0.685. The van der Waals surface area contributed by atoms with Gasteiger partial charge in [0.2, 0.25) is 16.6 Å². The fourth-order valence-corrected chi connectivity index (χ4v) is 3.61. The normalized spacial score (nSPS) is 20.0. The summed E-state index contributed by atoms with van der Waals surface area (Å²) < 4.78 is 12.3. The summed E-state index contributed by atoms with van der Waals surface area (Å²) in [5.74, 6) is 2.10. The van der Waals surface area contributed by atoms with Gasteiger partial charge in [0.25, 0.3) is 0 Å². The lowest BCUT2D eigenvalue weighted by Gasteiger charge is -2.36. The first-order valence-corrected chi connectivity index (χ1v) is 13.5. The molecule has 104 valence electrons. The highest BCUT2D eigenvalue weighted by Crippen LogP contribution is 2.38. The molecule has 0 radical (unpaired) electrons. The zero-order valence-electron chi connectivity index (χ0n) is 13.2. The largest absolute Gasteiger partial charge is 0.547 e. The van der Waals surface area contributed by atoms with Gasteiger partial charge in [-0.25, -0.2) is 0 Å². The van der Waals surface area contributed by atoms with Gasteiger partial charge in [-0.15, -0.1) is 0 Å². The van der Waals surface area contributed by atoms with E-state index >= 15 is 0 Å². The highest BCUT2D eigenvalue weighted by Gasteiger charge is 2.32. The Labute approximate surface area is 114 Å². The van der Waals surface area contributed by atoms with Crippen LogP contribution in [0.4, 0.5) is 0 Å². The Morgan fingerprint density at radius 3 is 1.89 bits per heavy atom. The van der Waals surface area contributed by atoms with Crippen molar-refractivity contribution in [3.63, 3.8) is 0 Å². The molecule has 0 heterocycles. The number of allylic oxidation sites excluding steroid dienone is 3. The van der Waals surface area contributed by atoms with Crippen molar-refractivity contribution < 1.29 is 8.85 Å². The summed E-state index contributed by atoms with van der Waals surface area (Å²) in [5, 5.41) is 0. The highest BCUT2D eigenvalue weighted by molar-refractivity contribution is 6.70. The Kier molecular flexibility index (Phi) is 4.23. The van der Waals surface area contributed by atoms with Crippen LogP contribution in [0.2, 0.25) is 39.3 Å². The Bertz CT molecular complexity index is 368. The smallest absolute Gasteiger partial charge is 0.242 e. The second-order valence-electron chi connectivity index (χ2n) is 7.63. The monoisotopic (exact) mass is 284 g/mol. The van der Waals surface area contributed by atoms with E-state index < -0.39 is 16.6 Å². The molecule has 0 aromatic rings. The molecule has 0 fully saturated rings. The second kappa shape index (κ2) is 4.89. The van der Waals surface area contributed by atoms with Gasteiger partial charge in [0.15, 0.2) is 0 Å². The van der Waals surface area contributed by atoms with Crippen LogP contribution in [0, 0.1) is 5.41 Å². The van der Waals surface area contributed by atoms with Gasteiger partial charge in [-0.05, 0) is 51.8 Å². The lowest BCUT2D eigenvalue weighted by molar-refractivity contribution is 0.258. The third kappa shape index (κ3) is 5.02. The van der Waals surface area contributed by atoms with E-state index in [9.17, 15) is 0 Å². The van der Waals surface area contributed by atoms with Crippen LogP contribution in [0.5, 0.6) is 0 Å². The molecule has 1 aliphatic carbocycles. The maximum absolute atomic E-state index is 6.23. The summed E-state index contributed by atoms with van der Waals surface area (Å²) in [6.45, 7) is 17.8. The highest BCUT2D eigenvalue weighted by atomic mass is 28.4. The molecule has 0 bridgehead atoms. The van der Waals surface area contributed by atoms with Crippen molar-refractivity contribution in [3.05, 3.63) is 23.7 Å². The van der Waals surface area contributed by atoms with Gasteiger partial charge in [0.1, 0.15) is 5.76 Å². The van der Waals surface area contributed by atoms with Crippen LogP contribution < -0.4 is 0 Å². The SMILES string of the molecule is CC1(C)CC=C(O[Si](C)(C)C)C=C1O[Si](C)(C)C. The van der Waals surface area contributed by atoms with Gasteiger partial charge in [-0.2, -0.15) is 0 Å². The van der Waals surface area contributed by atoms with Crippen molar-refractivity contribution in [3.8, 4) is 0 Å². The molecule has 0 unspecified atom stereocenters. The van der Waals surface area contributed by atoms with Crippen molar-refractivity contribution in [1.29, 1.82) is 0 Å². The summed E-state index contributed by atoms with van der Waals surface area (Å²) in [6, 6.07) is 0. The van der Waals surface area contributed by atoms with Crippen molar-refractivity contribution in [2.45, 2.75) is 59.6 Å². The van der Waals surface area contributed by atoms with Gasteiger partial charge in [0, 0.05) is 11.5 Å². The molecular formula is C14H28O2Si2. The van der Waals surface area contributed by atoms with Crippen molar-refractivity contribution in [1.82, 2.24) is 0 Å². The zero-order valence-corrected chi connectivity index (χ0v) is 15.2. The maximum atomic E-state index is 6.23. The van der Waals surface area contributed by atoms with Crippen LogP contribution in [-0.4, -0.2) is 16.6 Å². The van der Waals surface area contributed by atoms with Crippen LogP contribution in [0.25, 0.3) is 0 Å². The fraction of sp³-hybridized carbons (Fsp3) is 0.714. The van der Waals surface area contributed by atoms with Crippen LogP contribution in [0.3, 0.4) is 0 Å². The average Bonchev–Trinajstić information content (AvgIpc) is 2.06. The van der Waals surface area contributed by atoms with Crippen molar-refractivity contribution in [2.75, 3.05) is 0 Å². The molecular weight excluding hydrogens is 256 g/mol.